The number of phenolic OH excluding ortho intramolecular Hbond substituents is 1. The predicted molar refractivity (Wildman–Crippen MR) is 80.1 cm³/mol. The molecule has 4 heteroatoms. The first-order valence-electron chi connectivity index (χ1n) is 6.31. The van der Waals surface area contributed by atoms with Crippen molar-refractivity contribution in [3.8, 4) is 5.75 Å². The van der Waals surface area contributed by atoms with Crippen molar-refractivity contribution in [3.05, 3.63) is 64.7 Å². The third-order valence-electron chi connectivity index (χ3n) is 3.38. The number of hydrogen-bond donors (Lipinski definition) is 1. The van der Waals surface area contributed by atoms with Crippen molar-refractivity contribution < 1.29 is 9.90 Å². The molecule has 3 nitrogen and oxygen atoms in total. The molecule has 0 aliphatic heterocycles. The lowest BCUT2D eigenvalue weighted by atomic mass is 10.1. The van der Waals surface area contributed by atoms with Gasteiger partial charge in [0.1, 0.15) is 5.75 Å². The maximum absolute atomic E-state index is 12.4. The molecule has 0 fully saturated rings. The van der Waals surface area contributed by atoms with Crippen LogP contribution < -0.4 is 0 Å². The van der Waals surface area contributed by atoms with Crippen molar-refractivity contribution in [2.24, 2.45) is 0 Å². The first kappa shape index (κ1) is 14.4. The monoisotopic (exact) mass is 289 g/mol. The summed E-state index contributed by atoms with van der Waals surface area (Å²) in [6.07, 6.45) is 0. The first-order chi connectivity index (χ1) is 9.50. The highest BCUT2D eigenvalue weighted by Crippen LogP contribution is 2.24. The van der Waals surface area contributed by atoms with Crippen molar-refractivity contribution in [2.75, 3.05) is 7.05 Å². The Kier molecular flexibility index (Phi) is 4.30. The molecule has 0 radical (unpaired) electrons. The van der Waals surface area contributed by atoms with Gasteiger partial charge in [-0.25, -0.2) is 0 Å². The SMILES string of the molecule is CC(c1ccc(O)cc1)N(C)C(=O)c1ccccc1Cl. The molecule has 0 bridgehead atoms. The maximum Gasteiger partial charge on any atom is 0.255 e. The predicted octanol–water partition coefficient (Wildman–Crippen LogP) is 3.88. The number of nitrogens with zero attached hydrogens (tertiary/aromatic N) is 1. The van der Waals surface area contributed by atoms with E-state index in [4.69, 9.17) is 11.6 Å². The number of carbonyl (C=O) groups is 1. The second-order valence-corrected chi connectivity index (χ2v) is 5.07. The molecule has 20 heavy (non-hydrogen) atoms. The lowest BCUT2D eigenvalue weighted by molar-refractivity contribution is 0.0743. The molecular weight excluding hydrogens is 274 g/mol. The summed E-state index contributed by atoms with van der Waals surface area (Å²) in [5, 5.41) is 9.75. The fourth-order valence-electron chi connectivity index (χ4n) is 1.98. The molecule has 1 atom stereocenters. The van der Waals surface area contributed by atoms with Gasteiger partial charge in [-0.15, -0.1) is 0 Å². The molecule has 2 rings (SSSR count). The number of carbonyl (C=O) groups excluding carboxylic acids is 1. The molecule has 0 saturated carbocycles. The van der Waals surface area contributed by atoms with E-state index >= 15 is 0 Å². The van der Waals surface area contributed by atoms with Gasteiger partial charge in [0, 0.05) is 7.05 Å². The summed E-state index contributed by atoms with van der Waals surface area (Å²) >= 11 is 6.05. The van der Waals surface area contributed by atoms with E-state index in [-0.39, 0.29) is 17.7 Å². The molecule has 0 aromatic heterocycles. The third kappa shape index (κ3) is 2.94. The smallest absolute Gasteiger partial charge is 0.255 e. The van der Waals surface area contributed by atoms with Crippen molar-refractivity contribution in [2.45, 2.75) is 13.0 Å². The van der Waals surface area contributed by atoms with Gasteiger partial charge in [-0.2, -0.15) is 0 Å². The van der Waals surface area contributed by atoms with Gasteiger partial charge in [-0.1, -0.05) is 35.9 Å². The van der Waals surface area contributed by atoms with Gasteiger partial charge in [-0.05, 0) is 36.8 Å². The molecule has 1 N–H and O–H groups in total. The Morgan fingerprint density at radius 3 is 2.35 bits per heavy atom. The number of benzene rings is 2. The van der Waals surface area contributed by atoms with E-state index in [1.165, 1.54) is 0 Å². The molecular formula is C16H16ClNO2. The minimum Gasteiger partial charge on any atom is -0.508 e. The fourth-order valence-corrected chi connectivity index (χ4v) is 2.19. The van der Waals surface area contributed by atoms with Gasteiger partial charge >= 0.3 is 0 Å². The second kappa shape index (κ2) is 5.97. The van der Waals surface area contributed by atoms with Crippen molar-refractivity contribution in [1.82, 2.24) is 4.90 Å². The Hall–Kier alpha value is -2.00. The van der Waals surface area contributed by atoms with Crippen LogP contribution in [-0.2, 0) is 0 Å². The van der Waals surface area contributed by atoms with Crippen LogP contribution in [0.1, 0.15) is 28.9 Å². The molecule has 0 saturated heterocycles. The average Bonchev–Trinajstić information content (AvgIpc) is 2.46. The third-order valence-corrected chi connectivity index (χ3v) is 3.71. The molecule has 1 amide bonds. The van der Waals surface area contributed by atoms with E-state index in [1.807, 2.05) is 6.92 Å². The Labute approximate surface area is 123 Å². The van der Waals surface area contributed by atoms with E-state index in [0.29, 0.717) is 10.6 Å². The minimum absolute atomic E-state index is 0.112. The van der Waals surface area contributed by atoms with E-state index in [9.17, 15) is 9.90 Å². The van der Waals surface area contributed by atoms with Crippen LogP contribution in [0.4, 0.5) is 0 Å². The highest BCUT2D eigenvalue weighted by atomic mass is 35.5. The zero-order valence-corrected chi connectivity index (χ0v) is 12.1. The molecule has 0 spiro atoms. The van der Waals surface area contributed by atoms with Gasteiger partial charge in [0.05, 0.1) is 16.6 Å². The number of phenols is 1. The zero-order valence-electron chi connectivity index (χ0n) is 11.4. The number of hydrogen-bond acceptors (Lipinski definition) is 2. The molecule has 0 aliphatic carbocycles. The summed E-state index contributed by atoms with van der Waals surface area (Å²) in [5.41, 5.74) is 1.44. The van der Waals surface area contributed by atoms with Crippen LogP contribution in [0.3, 0.4) is 0 Å². The van der Waals surface area contributed by atoms with Crippen LogP contribution in [0.2, 0.25) is 5.02 Å². The van der Waals surface area contributed by atoms with E-state index in [2.05, 4.69) is 0 Å². The van der Waals surface area contributed by atoms with E-state index in [1.54, 1.807) is 60.5 Å². The second-order valence-electron chi connectivity index (χ2n) is 4.66. The fraction of sp³-hybridized carbons (Fsp3) is 0.188. The van der Waals surface area contributed by atoms with Crippen molar-refractivity contribution in [1.29, 1.82) is 0 Å². The summed E-state index contributed by atoms with van der Waals surface area (Å²) in [5.74, 6) is 0.0807. The number of amides is 1. The van der Waals surface area contributed by atoms with Gasteiger partial charge < -0.3 is 10.0 Å². The van der Waals surface area contributed by atoms with Crippen LogP contribution in [0, 0.1) is 0 Å². The van der Waals surface area contributed by atoms with Gasteiger partial charge in [0.2, 0.25) is 0 Å². The number of rotatable bonds is 3. The molecule has 0 aliphatic rings. The highest BCUT2D eigenvalue weighted by Gasteiger charge is 2.20. The summed E-state index contributed by atoms with van der Waals surface area (Å²) in [6, 6.07) is 13.7. The van der Waals surface area contributed by atoms with Crippen molar-refractivity contribution >= 4 is 17.5 Å². The topological polar surface area (TPSA) is 40.5 Å². The Bertz CT molecular complexity index is 610. The average molecular weight is 290 g/mol. The zero-order chi connectivity index (χ0) is 14.7. The van der Waals surface area contributed by atoms with Gasteiger partial charge in [-0.3, -0.25) is 4.79 Å². The lowest BCUT2D eigenvalue weighted by Gasteiger charge is -2.25. The van der Waals surface area contributed by atoms with Crippen LogP contribution in [-0.4, -0.2) is 23.0 Å². The summed E-state index contributed by atoms with van der Waals surface area (Å²) < 4.78 is 0. The Morgan fingerprint density at radius 1 is 1.15 bits per heavy atom. The maximum atomic E-state index is 12.4. The molecule has 2 aromatic rings. The normalized spacial score (nSPS) is 11.9. The van der Waals surface area contributed by atoms with Gasteiger partial charge in [0.25, 0.3) is 5.91 Å². The summed E-state index contributed by atoms with van der Waals surface area (Å²) in [7, 11) is 1.74. The Morgan fingerprint density at radius 2 is 1.75 bits per heavy atom. The highest BCUT2D eigenvalue weighted by molar-refractivity contribution is 6.33. The number of aromatic hydroxyl groups is 1. The number of halogens is 1. The molecule has 104 valence electrons. The quantitative estimate of drug-likeness (QED) is 0.931. The standard InChI is InChI=1S/C16H16ClNO2/c1-11(12-7-9-13(19)10-8-12)18(2)16(20)14-5-3-4-6-15(14)17/h3-11,19H,1-2H3. The van der Waals surface area contributed by atoms with Crippen molar-refractivity contribution in [3.63, 3.8) is 0 Å². The summed E-state index contributed by atoms with van der Waals surface area (Å²) in [4.78, 5) is 14.1. The Balaban J connectivity index is 2.22. The van der Waals surface area contributed by atoms with Gasteiger partial charge in [0.15, 0.2) is 0 Å². The minimum atomic E-state index is -0.129. The summed E-state index contributed by atoms with van der Waals surface area (Å²) in [6.45, 7) is 1.93. The largest absolute Gasteiger partial charge is 0.508 e. The lowest BCUT2D eigenvalue weighted by Crippen LogP contribution is -2.29. The van der Waals surface area contributed by atoms with E-state index < -0.39 is 0 Å². The van der Waals surface area contributed by atoms with E-state index in [0.717, 1.165) is 5.56 Å². The van der Waals surface area contributed by atoms with Crippen LogP contribution in [0.25, 0.3) is 0 Å². The molecule has 2 aromatic carbocycles. The van der Waals surface area contributed by atoms with Crippen LogP contribution >= 0.6 is 11.6 Å². The molecule has 1 unspecified atom stereocenters. The van der Waals surface area contributed by atoms with Crippen LogP contribution in [0.15, 0.2) is 48.5 Å². The van der Waals surface area contributed by atoms with Crippen LogP contribution in [0.5, 0.6) is 5.75 Å². The first-order valence-corrected chi connectivity index (χ1v) is 6.69. The molecule has 0 heterocycles.